The van der Waals surface area contributed by atoms with Crippen molar-refractivity contribution in [2.45, 2.75) is 32.8 Å². The maximum atomic E-state index is 6.21. The molecule has 0 aliphatic carbocycles. The van der Waals surface area contributed by atoms with Crippen molar-refractivity contribution in [1.29, 1.82) is 0 Å². The summed E-state index contributed by atoms with van der Waals surface area (Å²) in [5.74, 6) is 0.828. The van der Waals surface area contributed by atoms with Crippen molar-refractivity contribution in [3.63, 3.8) is 0 Å². The number of ether oxygens (including phenoxy) is 1. The third kappa shape index (κ3) is 3.57. The van der Waals surface area contributed by atoms with E-state index in [1.54, 1.807) is 0 Å². The van der Waals surface area contributed by atoms with Gasteiger partial charge in [-0.1, -0.05) is 43.1 Å². The molecule has 0 saturated heterocycles. The fraction of sp³-hybridized carbons (Fsp3) is 0.316. The number of unbranched alkanes of at least 4 members (excludes halogenated alkanes) is 1. The van der Waals surface area contributed by atoms with Crippen molar-refractivity contribution in [1.82, 2.24) is 9.97 Å². The van der Waals surface area contributed by atoms with Gasteiger partial charge in [0.25, 0.3) is 0 Å². The molecule has 3 nitrogen and oxygen atoms in total. The van der Waals surface area contributed by atoms with E-state index in [0.29, 0.717) is 5.02 Å². The van der Waals surface area contributed by atoms with Crippen LogP contribution in [-0.4, -0.2) is 16.6 Å². The van der Waals surface area contributed by atoms with Gasteiger partial charge in [0, 0.05) is 17.2 Å². The molecule has 3 rings (SSSR count). The maximum Gasteiger partial charge on any atom is 0.138 e. The summed E-state index contributed by atoms with van der Waals surface area (Å²) >= 11 is 6.21. The van der Waals surface area contributed by atoms with Crippen LogP contribution in [0.3, 0.4) is 0 Å². The summed E-state index contributed by atoms with van der Waals surface area (Å²) < 4.78 is 5.96. The Bertz CT molecular complexity index is 764. The topological polar surface area (TPSA) is 37.9 Å². The van der Waals surface area contributed by atoms with Gasteiger partial charge in [-0.3, -0.25) is 0 Å². The maximum absolute atomic E-state index is 6.21. The van der Waals surface area contributed by atoms with E-state index >= 15 is 0 Å². The molecule has 0 aliphatic rings. The average Bonchev–Trinajstić information content (AvgIpc) is 2.99. The van der Waals surface area contributed by atoms with Gasteiger partial charge in [0.15, 0.2) is 0 Å². The first kappa shape index (κ1) is 16.0. The van der Waals surface area contributed by atoms with Crippen LogP contribution >= 0.6 is 11.6 Å². The molecule has 120 valence electrons. The molecule has 0 bridgehead atoms. The van der Waals surface area contributed by atoms with Crippen LogP contribution < -0.4 is 0 Å². The van der Waals surface area contributed by atoms with Crippen LogP contribution in [0.25, 0.3) is 22.4 Å². The number of aromatic nitrogens is 2. The van der Waals surface area contributed by atoms with Crippen molar-refractivity contribution in [2.75, 3.05) is 6.61 Å². The van der Waals surface area contributed by atoms with E-state index in [2.05, 4.69) is 18.8 Å². The minimum Gasteiger partial charge on any atom is -0.374 e. The molecule has 3 aromatic rings. The molecule has 0 radical (unpaired) electrons. The van der Waals surface area contributed by atoms with Crippen LogP contribution in [-0.2, 0) is 4.74 Å². The third-order valence-electron chi connectivity index (χ3n) is 3.96. The molecular formula is C19H21ClN2O. The molecule has 1 heterocycles. The van der Waals surface area contributed by atoms with E-state index in [0.717, 1.165) is 47.4 Å². The molecule has 2 aromatic carbocycles. The summed E-state index contributed by atoms with van der Waals surface area (Å²) in [4.78, 5) is 8.07. The zero-order chi connectivity index (χ0) is 16.2. The molecule has 0 spiro atoms. The number of para-hydroxylation sites is 2. The fourth-order valence-electron chi connectivity index (χ4n) is 2.66. The zero-order valence-corrected chi connectivity index (χ0v) is 14.2. The first-order valence-corrected chi connectivity index (χ1v) is 8.43. The second-order valence-electron chi connectivity index (χ2n) is 5.70. The molecule has 0 aliphatic heterocycles. The average molecular weight is 329 g/mol. The highest BCUT2D eigenvalue weighted by Crippen LogP contribution is 2.32. The van der Waals surface area contributed by atoms with Crippen molar-refractivity contribution in [3.8, 4) is 11.4 Å². The van der Waals surface area contributed by atoms with Gasteiger partial charge in [0.1, 0.15) is 5.82 Å². The Morgan fingerprint density at radius 1 is 1.22 bits per heavy atom. The number of rotatable bonds is 6. The van der Waals surface area contributed by atoms with Gasteiger partial charge in [-0.2, -0.15) is 0 Å². The fourth-order valence-corrected chi connectivity index (χ4v) is 2.83. The summed E-state index contributed by atoms with van der Waals surface area (Å²) in [5, 5.41) is 0.699. The van der Waals surface area contributed by atoms with Crippen molar-refractivity contribution < 1.29 is 4.74 Å². The number of aromatic amines is 1. The molecule has 1 atom stereocenters. The quantitative estimate of drug-likeness (QED) is 0.584. The third-order valence-corrected chi connectivity index (χ3v) is 4.20. The van der Waals surface area contributed by atoms with Gasteiger partial charge in [-0.05, 0) is 43.2 Å². The predicted octanol–water partition coefficient (Wildman–Crippen LogP) is 5.76. The zero-order valence-electron chi connectivity index (χ0n) is 13.5. The van der Waals surface area contributed by atoms with E-state index in [9.17, 15) is 0 Å². The number of imidazole rings is 1. The lowest BCUT2D eigenvalue weighted by Crippen LogP contribution is -2.04. The van der Waals surface area contributed by atoms with Crippen molar-refractivity contribution in [3.05, 3.63) is 53.1 Å². The van der Waals surface area contributed by atoms with Gasteiger partial charge < -0.3 is 9.72 Å². The number of hydrogen-bond acceptors (Lipinski definition) is 2. The molecule has 1 N–H and O–H groups in total. The lowest BCUT2D eigenvalue weighted by atomic mass is 10.0. The number of H-pyrrole nitrogens is 1. The van der Waals surface area contributed by atoms with Crippen LogP contribution in [0.4, 0.5) is 0 Å². The Morgan fingerprint density at radius 3 is 2.83 bits per heavy atom. The van der Waals surface area contributed by atoms with Gasteiger partial charge in [-0.25, -0.2) is 4.98 Å². The summed E-state index contributed by atoms with van der Waals surface area (Å²) in [6.07, 6.45) is 2.20. The van der Waals surface area contributed by atoms with E-state index < -0.39 is 0 Å². The molecule has 0 amide bonds. The molecule has 0 saturated carbocycles. The standard InChI is InChI=1S/C19H21ClN2O/c1-3-4-11-23-13(2)15-10-9-14(20)12-16(15)19-21-17-7-5-6-8-18(17)22-19/h5-10,12-13H,3-4,11H2,1-2H3,(H,21,22)/t13-/m0/s1. The van der Waals surface area contributed by atoms with Crippen LogP contribution in [0.2, 0.25) is 5.02 Å². The van der Waals surface area contributed by atoms with Gasteiger partial charge in [0.05, 0.1) is 17.1 Å². The Kier molecular flexibility index (Phi) is 4.99. The summed E-state index contributed by atoms with van der Waals surface area (Å²) in [5.41, 5.74) is 4.07. The van der Waals surface area contributed by atoms with E-state index in [-0.39, 0.29) is 6.10 Å². The Balaban J connectivity index is 1.98. The van der Waals surface area contributed by atoms with E-state index in [1.165, 1.54) is 0 Å². The number of nitrogens with one attached hydrogen (secondary N) is 1. The number of benzene rings is 2. The SMILES string of the molecule is CCCCO[C@@H](C)c1ccc(Cl)cc1-c1nc2ccccc2[nH]1. The van der Waals surface area contributed by atoms with Crippen LogP contribution in [0, 0.1) is 0 Å². The number of halogens is 1. The summed E-state index contributed by atoms with van der Waals surface area (Å²) in [7, 11) is 0. The first-order valence-electron chi connectivity index (χ1n) is 8.05. The summed E-state index contributed by atoms with van der Waals surface area (Å²) in [6.45, 7) is 5.00. The highest BCUT2D eigenvalue weighted by atomic mass is 35.5. The van der Waals surface area contributed by atoms with Gasteiger partial charge in [-0.15, -0.1) is 0 Å². The Morgan fingerprint density at radius 2 is 2.04 bits per heavy atom. The normalized spacial score (nSPS) is 12.7. The van der Waals surface area contributed by atoms with E-state index in [4.69, 9.17) is 21.3 Å². The summed E-state index contributed by atoms with van der Waals surface area (Å²) in [6, 6.07) is 13.9. The minimum absolute atomic E-state index is 0.00188. The van der Waals surface area contributed by atoms with Crippen molar-refractivity contribution in [2.24, 2.45) is 0 Å². The number of nitrogens with zero attached hydrogens (tertiary/aromatic N) is 1. The molecular weight excluding hydrogens is 308 g/mol. The van der Waals surface area contributed by atoms with Crippen molar-refractivity contribution >= 4 is 22.6 Å². The smallest absolute Gasteiger partial charge is 0.138 e. The van der Waals surface area contributed by atoms with Crippen LogP contribution in [0.1, 0.15) is 38.4 Å². The van der Waals surface area contributed by atoms with Gasteiger partial charge in [0.2, 0.25) is 0 Å². The first-order chi connectivity index (χ1) is 11.2. The highest BCUT2D eigenvalue weighted by molar-refractivity contribution is 6.30. The monoisotopic (exact) mass is 328 g/mol. The lowest BCUT2D eigenvalue weighted by molar-refractivity contribution is 0.0640. The lowest BCUT2D eigenvalue weighted by Gasteiger charge is -2.16. The number of fused-ring (bicyclic) bond motifs is 1. The van der Waals surface area contributed by atoms with Crippen LogP contribution in [0.5, 0.6) is 0 Å². The molecule has 23 heavy (non-hydrogen) atoms. The second-order valence-corrected chi connectivity index (χ2v) is 6.14. The molecule has 1 aromatic heterocycles. The van der Waals surface area contributed by atoms with Crippen LogP contribution in [0.15, 0.2) is 42.5 Å². The Labute approximate surface area is 141 Å². The van der Waals surface area contributed by atoms with E-state index in [1.807, 2.05) is 42.5 Å². The molecule has 0 unspecified atom stereocenters. The highest BCUT2D eigenvalue weighted by Gasteiger charge is 2.16. The molecule has 0 fully saturated rings. The minimum atomic E-state index is 0.00188. The largest absolute Gasteiger partial charge is 0.374 e. The number of hydrogen-bond donors (Lipinski definition) is 1. The second kappa shape index (κ2) is 7.16. The molecule has 4 heteroatoms. The Hall–Kier alpha value is -1.84. The predicted molar refractivity (Wildman–Crippen MR) is 95.8 cm³/mol. The van der Waals surface area contributed by atoms with Gasteiger partial charge >= 0.3 is 0 Å².